The van der Waals surface area contributed by atoms with Crippen molar-refractivity contribution in [1.82, 2.24) is 30.4 Å². The number of hydrogen-bond acceptors (Lipinski definition) is 5. The molecule has 0 fully saturated rings. The van der Waals surface area contributed by atoms with Crippen LogP contribution < -0.4 is 10.6 Å². The SMILES string of the molecule is Cc1nnc2sc(CNC(=O)NCc3ccccc3)nn12. The van der Waals surface area contributed by atoms with E-state index in [0.29, 0.717) is 13.1 Å². The number of nitrogens with zero attached hydrogens (tertiary/aromatic N) is 4. The number of carbonyl (C=O) groups excluding carboxylic acids is 1. The van der Waals surface area contributed by atoms with Gasteiger partial charge in [0.05, 0.1) is 6.54 Å². The standard InChI is InChI=1S/C13H14N6OS/c1-9-16-17-13-19(9)18-11(21-13)8-15-12(20)14-7-10-5-3-2-4-6-10/h2-6H,7-8H2,1H3,(H2,14,15,20). The molecule has 1 aromatic carbocycles. The monoisotopic (exact) mass is 302 g/mol. The highest BCUT2D eigenvalue weighted by atomic mass is 32.1. The molecule has 8 heteroatoms. The predicted molar refractivity (Wildman–Crippen MR) is 78.9 cm³/mol. The topological polar surface area (TPSA) is 84.2 Å². The highest BCUT2D eigenvalue weighted by Gasteiger charge is 2.09. The minimum atomic E-state index is -0.221. The third kappa shape index (κ3) is 3.16. The van der Waals surface area contributed by atoms with E-state index in [2.05, 4.69) is 25.9 Å². The molecule has 0 aliphatic rings. The number of aromatic nitrogens is 4. The van der Waals surface area contributed by atoms with Crippen molar-refractivity contribution in [2.24, 2.45) is 0 Å². The second-order valence-corrected chi connectivity index (χ2v) is 5.50. The summed E-state index contributed by atoms with van der Waals surface area (Å²) < 4.78 is 1.67. The maximum Gasteiger partial charge on any atom is 0.315 e. The van der Waals surface area contributed by atoms with Gasteiger partial charge >= 0.3 is 6.03 Å². The average Bonchev–Trinajstić information content (AvgIpc) is 3.06. The molecule has 2 N–H and O–H groups in total. The Kier molecular flexibility index (Phi) is 3.78. The zero-order valence-corrected chi connectivity index (χ0v) is 12.2. The predicted octanol–water partition coefficient (Wildman–Crippen LogP) is 1.49. The fourth-order valence-electron chi connectivity index (χ4n) is 1.82. The molecule has 3 aromatic rings. The minimum Gasteiger partial charge on any atom is -0.334 e. The Morgan fingerprint density at radius 3 is 2.71 bits per heavy atom. The molecular weight excluding hydrogens is 288 g/mol. The van der Waals surface area contributed by atoms with Gasteiger partial charge in [-0.3, -0.25) is 0 Å². The lowest BCUT2D eigenvalue weighted by molar-refractivity contribution is 0.240. The summed E-state index contributed by atoms with van der Waals surface area (Å²) in [5.74, 6) is 0.737. The van der Waals surface area contributed by atoms with Gasteiger partial charge in [0, 0.05) is 6.54 Å². The number of fused-ring (bicyclic) bond motifs is 1. The van der Waals surface area contributed by atoms with Crippen LogP contribution in [-0.4, -0.2) is 25.8 Å². The van der Waals surface area contributed by atoms with Gasteiger partial charge < -0.3 is 10.6 Å². The van der Waals surface area contributed by atoms with Gasteiger partial charge in [-0.25, -0.2) is 4.79 Å². The first-order valence-corrected chi connectivity index (χ1v) is 7.27. The number of aryl methyl sites for hydroxylation is 1. The second kappa shape index (κ2) is 5.88. The summed E-state index contributed by atoms with van der Waals surface area (Å²) in [6, 6.07) is 9.53. The number of rotatable bonds is 4. The summed E-state index contributed by atoms with van der Waals surface area (Å²) in [5, 5.41) is 18.6. The van der Waals surface area contributed by atoms with Gasteiger partial charge in [-0.15, -0.1) is 10.2 Å². The van der Waals surface area contributed by atoms with Crippen LogP contribution in [0.2, 0.25) is 0 Å². The highest BCUT2D eigenvalue weighted by Crippen LogP contribution is 2.12. The van der Waals surface area contributed by atoms with Crippen LogP contribution >= 0.6 is 11.3 Å². The molecule has 2 amide bonds. The fraction of sp³-hybridized carbons (Fsp3) is 0.231. The first kappa shape index (κ1) is 13.5. The van der Waals surface area contributed by atoms with Crippen LogP contribution in [-0.2, 0) is 13.1 Å². The molecule has 0 aliphatic carbocycles. The van der Waals surface area contributed by atoms with Crippen molar-refractivity contribution in [3.63, 3.8) is 0 Å². The maximum absolute atomic E-state index is 11.7. The van der Waals surface area contributed by atoms with Gasteiger partial charge in [-0.2, -0.15) is 9.61 Å². The molecule has 0 aliphatic heterocycles. The Labute approximate surface area is 125 Å². The summed E-state index contributed by atoms with van der Waals surface area (Å²) in [6.45, 7) is 2.70. The van der Waals surface area contributed by atoms with Gasteiger partial charge in [-0.1, -0.05) is 41.7 Å². The Balaban J connectivity index is 1.51. The Morgan fingerprint density at radius 1 is 1.19 bits per heavy atom. The van der Waals surface area contributed by atoms with Crippen LogP contribution in [0.25, 0.3) is 4.96 Å². The molecule has 0 spiro atoms. The molecular formula is C13H14N6OS. The van der Waals surface area contributed by atoms with Gasteiger partial charge in [0.25, 0.3) is 0 Å². The zero-order chi connectivity index (χ0) is 14.7. The second-order valence-electron chi connectivity index (χ2n) is 4.46. The lowest BCUT2D eigenvalue weighted by Gasteiger charge is -2.06. The van der Waals surface area contributed by atoms with Crippen molar-refractivity contribution in [2.45, 2.75) is 20.0 Å². The molecule has 0 atom stereocenters. The Morgan fingerprint density at radius 2 is 1.95 bits per heavy atom. The van der Waals surface area contributed by atoms with E-state index in [9.17, 15) is 4.79 Å². The van der Waals surface area contributed by atoms with E-state index in [1.54, 1.807) is 4.52 Å². The minimum absolute atomic E-state index is 0.221. The lowest BCUT2D eigenvalue weighted by atomic mass is 10.2. The number of urea groups is 1. The highest BCUT2D eigenvalue weighted by molar-refractivity contribution is 7.16. The molecule has 0 radical (unpaired) electrons. The molecule has 0 unspecified atom stereocenters. The number of carbonyl (C=O) groups is 1. The normalized spacial score (nSPS) is 10.7. The third-order valence-corrected chi connectivity index (χ3v) is 3.78. The van der Waals surface area contributed by atoms with Crippen LogP contribution in [0.3, 0.4) is 0 Å². The number of nitrogens with one attached hydrogen (secondary N) is 2. The summed E-state index contributed by atoms with van der Waals surface area (Å²) in [4.78, 5) is 12.5. The third-order valence-electron chi connectivity index (χ3n) is 2.88. The number of hydrogen-bond donors (Lipinski definition) is 2. The van der Waals surface area contributed by atoms with Crippen LogP contribution in [0.5, 0.6) is 0 Å². The van der Waals surface area contributed by atoms with Crippen molar-refractivity contribution < 1.29 is 4.79 Å². The van der Waals surface area contributed by atoms with Crippen molar-refractivity contribution >= 4 is 22.3 Å². The first-order valence-electron chi connectivity index (χ1n) is 6.46. The van der Waals surface area contributed by atoms with E-state index in [0.717, 1.165) is 21.4 Å². The van der Waals surface area contributed by atoms with E-state index >= 15 is 0 Å². The molecule has 108 valence electrons. The molecule has 21 heavy (non-hydrogen) atoms. The van der Waals surface area contributed by atoms with Gasteiger partial charge in [0.2, 0.25) is 4.96 Å². The summed E-state index contributed by atoms with van der Waals surface area (Å²) >= 11 is 1.41. The van der Waals surface area contributed by atoms with Crippen molar-refractivity contribution in [3.05, 3.63) is 46.7 Å². The largest absolute Gasteiger partial charge is 0.334 e. The van der Waals surface area contributed by atoms with E-state index in [1.807, 2.05) is 37.3 Å². The molecule has 0 saturated heterocycles. The van der Waals surface area contributed by atoms with E-state index in [1.165, 1.54) is 11.3 Å². The maximum atomic E-state index is 11.7. The van der Waals surface area contributed by atoms with Crippen LogP contribution in [0.15, 0.2) is 30.3 Å². The molecule has 2 heterocycles. The summed E-state index contributed by atoms with van der Waals surface area (Å²) in [5.41, 5.74) is 1.06. The van der Waals surface area contributed by atoms with Crippen LogP contribution in [0.4, 0.5) is 4.79 Å². The van der Waals surface area contributed by atoms with E-state index < -0.39 is 0 Å². The smallest absolute Gasteiger partial charge is 0.315 e. The van der Waals surface area contributed by atoms with Gasteiger partial charge in [-0.05, 0) is 12.5 Å². The summed E-state index contributed by atoms with van der Waals surface area (Å²) in [7, 11) is 0. The van der Waals surface area contributed by atoms with E-state index in [4.69, 9.17) is 0 Å². The molecule has 2 aromatic heterocycles. The van der Waals surface area contributed by atoms with Crippen LogP contribution in [0, 0.1) is 6.92 Å². The summed E-state index contributed by atoms with van der Waals surface area (Å²) in [6.07, 6.45) is 0. The molecule has 0 bridgehead atoms. The first-order chi connectivity index (χ1) is 10.2. The number of benzene rings is 1. The van der Waals surface area contributed by atoms with Crippen LogP contribution in [0.1, 0.15) is 16.4 Å². The Hall–Kier alpha value is -2.48. The zero-order valence-electron chi connectivity index (χ0n) is 11.4. The van der Waals surface area contributed by atoms with Gasteiger partial charge in [0.1, 0.15) is 5.01 Å². The van der Waals surface area contributed by atoms with Crippen molar-refractivity contribution in [1.29, 1.82) is 0 Å². The quantitative estimate of drug-likeness (QED) is 0.765. The molecule has 7 nitrogen and oxygen atoms in total. The Bertz CT molecular complexity index is 750. The lowest BCUT2D eigenvalue weighted by Crippen LogP contribution is -2.34. The van der Waals surface area contributed by atoms with Crippen molar-refractivity contribution in [3.8, 4) is 0 Å². The van der Waals surface area contributed by atoms with Gasteiger partial charge in [0.15, 0.2) is 5.82 Å². The molecule has 0 saturated carbocycles. The van der Waals surface area contributed by atoms with E-state index in [-0.39, 0.29) is 6.03 Å². The average molecular weight is 302 g/mol. The fourth-order valence-corrected chi connectivity index (χ4v) is 2.64. The molecule has 3 rings (SSSR count). The van der Waals surface area contributed by atoms with Crippen molar-refractivity contribution in [2.75, 3.05) is 0 Å². The number of amides is 2.